The second-order valence-electron chi connectivity index (χ2n) is 6.47. The summed E-state index contributed by atoms with van der Waals surface area (Å²) >= 11 is 0. The maximum Gasteiger partial charge on any atom is 0.262 e. The predicted molar refractivity (Wildman–Crippen MR) is 106 cm³/mol. The van der Waals surface area contributed by atoms with Gasteiger partial charge >= 0.3 is 0 Å². The highest BCUT2D eigenvalue weighted by atomic mass is 32.2. The Morgan fingerprint density at radius 1 is 1.21 bits per heavy atom. The topological polar surface area (TPSA) is 109 Å². The summed E-state index contributed by atoms with van der Waals surface area (Å²) in [6.07, 6.45) is 0. The lowest BCUT2D eigenvalue weighted by atomic mass is 10.2. The lowest BCUT2D eigenvalue weighted by molar-refractivity contribution is -0.118. The lowest BCUT2D eigenvalue weighted by Gasteiger charge is -2.26. The Hall–Kier alpha value is -2.93. The molecule has 9 heteroatoms. The fourth-order valence-corrected chi connectivity index (χ4v) is 4.51. The molecule has 0 unspecified atom stereocenters. The molecular weight excluding hydrogens is 394 g/mol. The molecule has 0 aliphatic carbocycles. The van der Waals surface area contributed by atoms with E-state index in [9.17, 15) is 13.2 Å². The molecule has 2 aromatic carbocycles. The highest BCUT2D eigenvalue weighted by molar-refractivity contribution is 7.89. The van der Waals surface area contributed by atoms with Crippen LogP contribution in [0.1, 0.15) is 11.1 Å². The van der Waals surface area contributed by atoms with Crippen molar-refractivity contribution >= 4 is 21.6 Å². The molecular formula is C20H21N3O5S. The van der Waals surface area contributed by atoms with Crippen molar-refractivity contribution in [1.29, 1.82) is 5.26 Å². The van der Waals surface area contributed by atoms with Gasteiger partial charge in [0.25, 0.3) is 5.91 Å². The Morgan fingerprint density at radius 2 is 1.90 bits per heavy atom. The zero-order chi connectivity index (χ0) is 20.9. The molecule has 8 nitrogen and oxygen atoms in total. The van der Waals surface area contributed by atoms with Crippen molar-refractivity contribution < 1.29 is 22.7 Å². The van der Waals surface area contributed by atoms with E-state index in [1.807, 2.05) is 6.07 Å². The van der Waals surface area contributed by atoms with Crippen LogP contribution in [0.3, 0.4) is 0 Å². The number of nitriles is 1. The van der Waals surface area contributed by atoms with Crippen LogP contribution >= 0.6 is 0 Å². The summed E-state index contributed by atoms with van der Waals surface area (Å²) in [7, 11) is -3.67. The Labute approximate surface area is 169 Å². The minimum absolute atomic E-state index is 0.158. The summed E-state index contributed by atoms with van der Waals surface area (Å²) in [5, 5.41) is 11.4. The van der Waals surface area contributed by atoms with Gasteiger partial charge in [0.2, 0.25) is 10.0 Å². The summed E-state index contributed by atoms with van der Waals surface area (Å²) in [6, 6.07) is 13.2. The molecule has 1 saturated heterocycles. The standard InChI is InChI=1S/C20H21N3O5S/c1-15-2-5-17(12-19(15)29(25,26)23-8-10-27-11-9-23)22-20(24)14-28-18-6-3-16(13-21)4-7-18/h2-7,12H,8-11,14H2,1H3,(H,22,24). The van der Waals surface area contributed by atoms with Crippen molar-refractivity contribution in [1.82, 2.24) is 4.31 Å². The molecule has 0 saturated carbocycles. The van der Waals surface area contributed by atoms with Crippen molar-refractivity contribution in [3.8, 4) is 11.8 Å². The zero-order valence-electron chi connectivity index (χ0n) is 15.9. The minimum atomic E-state index is -3.67. The number of nitrogens with one attached hydrogen (secondary N) is 1. The Bertz CT molecular complexity index is 1020. The number of anilines is 1. The first-order chi connectivity index (χ1) is 13.9. The van der Waals surface area contributed by atoms with Crippen LogP contribution in [0.25, 0.3) is 0 Å². The van der Waals surface area contributed by atoms with Gasteiger partial charge in [0, 0.05) is 18.8 Å². The van der Waals surface area contributed by atoms with Crippen molar-refractivity contribution in [3.63, 3.8) is 0 Å². The van der Waals surface area contributed by atoms with E-state index in [2.05, 4.69) is 5.32 Å². The molecule has 29 heavy (non-hydrogen) atoms. The van der Waals surface area contributed by atoms with Crippen LogP contribution in [0.5, 0.6) is 5.75 Å². The van der Waals surface area contributed by atoms with Gasteiger partial charge in [0.15, 0.2) is 6.61 Å². The SMILES string of the molecule is Cc1ccc(NC(=O)COc2ccc(C#N)cc2)cc1S(=O)(=O)N1CCOCC1. The van der Waals surface area contributed by atoms with E-state index in [1.54, 1.807) is 43.3 Å². The van der Waals surface area contributed by atoms with Gasteiger partial charge in [-0.1, -0.05) is 6.07 Å². The van der Waals surface area contributed by atoms with Crippen LogP contribution in [-0.4, -0.2) is 51.5 Å². The molecule has 1 aliphatic heterocycles. The van der Waals surface area contributed by atoms with Gasteiger partial charge in [0.05, 0.1) is 29.7 Å². The first-order valence-corrected chi connectivity index (χ1v) is 10.5. The normalized spacial score (nSPS) is 14.8. The van der Waals surface area contributed by atoms with E-state index in [-0.39, 0.29) is 11.5 Å². The van der Waals surface area contributed by atoms with Gasteiger partial charge < -0.3 is 14.8 Å². The quantitative estimate of drug-likeness (QED) is 0.772. The first kappa shape index (κ1) is 20.8. The number of morpholine rings is 1. The van der Waals surface area contributed by atoms with Crippen LogP contribution in [0.15, 0.2) is 47.4 Å². The van der Waals surface area contributed by atoms with Crippen LogP contribution < -0.4 is 10.1 Å². The van der Waals surface area contributed by atoms with E-state index in [4.69, 9.17) is 14.7 Å². The van der Waals surface area contributed by atoms with Gasteiger partial charge in [-0.3, -0.25) is 4.79 Å². The van der Waals surface area contributed by atoms with Gasteiger partial charge in [-0.25, -0.2) is 8.42 Å². The van der Waals surface area contributed by atoms with Crippen LogP contribution in [-0.2, 0) is 19.6 Å². The van der Waals surface area contributed by atoms with E-state index in [0.717, 1.165) is 0 Å². The monoisotopic (exact) mass is 415 g/mol. The third-order valence-corrected chi connectivity index (χ3v) is 6.45. The maximum atomic E-state index is 12.9. The molecule has 0 radical (unpaired) electrons. The van der Waals surface area contributed by atoms with Crippen molar-refractivity contribution in [3.05, 3.63) is 53.6 Å². The van der Waals surface area contributed by atoms with Gasteiger partial charge in [-0.2, -0.15) is 9.57 Å². The third kappa shape index (κ3) is 5.12. The largest absolute Gasteiger partial charge is 0.484 e. The first-order valence-electron chi connectivity index (χ1n) is 9.01. The average Bonchev–Trinajstić information content (AvgIpc) is 2.74. The number of benzene rings is 2. The molecule has 2 aromatic rings. The average molecular weight is 415 g/mol. The Morgan fingerprint density at radius 3 is 2.55 bits per heavy atom. The number of hydrogen-bond donors (Lipinski definition) is 1. The fourth-order valence-electron chi connectivity index (χ4n) is 2.85. The summed E-state index contributed by atoms with van der Waals surface area (Å²) < 4.78 is 37.8. The molecule has 3 rings (SSSR count). The number of sulfonamides is 1. The van der Waals surface area contributed by atoms with E-state index < -0.39 is 15.9 Å². The molecule has 1 amide bonds. The molecule has 0 spiro atoms. The number of hydrogen-bond acceptors (Lipinski definition) is 6. The van der Waals surface area contributed by atoms with E-state index >= 15 is 0 Å². The molecule has 0 bridgehead atoms. The highest BCUT2D eigenvalue weighted by Gasteiger charge is 2.28. The summed E-state index contributed by atoms with van der Waals surface area (Å²) in [6.45, 7) is 2.80. The number of carbonyl (C=O) groups is 1. The molecule has 1 fully saturated rings. The fraction of sp³-hybridized carbons (Fsp3) is 0.300. The maximum absolute atomic E-state index is 12.9. The number of amides is 1. The van der Waals surface area contributed by atoms with E-state index in [0.29, 0.717) is 48.9 Å². The van der Waals surface area contributed by atoms with Crippen molar-refractivity contribution in [2.45, 2.75) is 11.8 Å². The van der Waals surface area contributed by atoms with Crippen LogP contribution in [0.2, 0.25) is 0 Å². The lowest BCUT2D eigenvalue weighted by Crippen LogP contribution is -2.40. The molecule has 1 heterocycles. The Kier molecular flexibility index (Phi) is 6.49. The second-order valence-corrected chi connectivity index (χ2v) is 8.38. The van der Waals surface area contributed by atoms with Crippen molar-refractivity contribution in [2.24, 2.45) is 0 Å². The predicted octanol–water partition coefficient (Wildman–Crippen LogP) is 1.91. The molecule has 152 valence electrons. The number of aryl methyl sites for hydroxylation is 1. The number of ether oxygens (including phenoxy) is 2. The summed E-state index contributed by atoms with van der Waals surface area (Å²) in [5.41, 5.74) is 1.47. The number of carbonyl (C=O) groups excluding carboxylic acids is 1. The summed E-state index contributed by atoms with van der Waals surface area (Å²) in [5.74, 6) is 0.0339. The zero-order valence-corrected chi connectivity index (χ0v) is 16.7. The van der Waals surface area contributed by atoms with Gasteiger partial charge in [-0.05, 0) is 48.9 Å². The van der Waals surface area contributed by atoms with Crippen LogP contribution in [0, 0.1) is 18.3 Å². The smallest absolute Gasteiger partial charge is 0.262 e. The number of rotatable bonds is 6. The molecule has 1 N–H and O–H groups in total. The third-order valence-electron chi connectivity index (χ3n) is 4.41. The molecule has 0 atom stereocenters. The molecule has 1 aliphatic rings. The Balaban J connectivity index is 1.67. The second kappa shape index (κ2) is 9.05. The van der Waals surface area contributed by atoms with Crippen LogP contribution in [0.4, 0.5) is 5.69 Å². The van der Waals surface area contributed by atoms with Gasteiger partial charge in [-0.15, -0.1) is 0 Å². The van der Waals surface area contributed by atoms with E-state index in [1.165, 1.54) is 10.4 Å². The highest BCUT2D eigenvalue weighted by Crippen LogP contribution is 2.24. The van der Waals surface area contributed by atoms with Crippen molar-refractivity contribution in [2.75, 3.05) is 38.2 Å². The van der Waals surface area contributed by atoms with Gasteiger partial charge in [0.1, 0.15) is 5.75 Å². The molecule has 0 aromatic heterocycles. The summed E-state index contributed by atoms with van der Waals surface area (Å²) in [4.78, 5) is 12.3. The minimum Gasteiger partial charge on any atom is -0.484 e. The number of nitrogens with zero attached hydrogens (tertiary/aromatic N) is 2.